The summed E-state index contributed by atoms with van der Waals surface area (Å²) in [6.07, 6.45) is 4.42. The Morgan fingerprint density at radius 1 is 0.625 bits per heavy atom. The summed E-state index contributed by atoms with van der Waals surface area (Å²) < 4.78 is 0. The first kappa shape index (κ1) is 18.9. The third-order valence-corrected chi connectivity index (χ3v) is 4.83. The second kappa shape index (κ2) is 11.1. The first-order valence-corrected chi connectivity index (χ1v) is 9.98. The second-order valence-corrected chi connectivity index (χ2v) is 7.70. The van der Waals surface area contributed by atoms with Crippen molar-refractivity contribution >= 4 is 31.9 Å². The highest BCUT2D eigenvalue weighted by Gasteiger charge is 2.02. The van der Waals surface area contributed by atoms with Gasteiger partial charge in [-0.25, -0.2) is 0 Å². The summed E-state index contributed by atoms with van der Waals surface area (Å²) in [5.41, 5.74) is 2.14. The van der Waals surface area contributed by atoms with Gasteiger partial charge in [0.25, 0.3) is 0 Å². The lowest BCUT2D eigenvalue weighted by atomic mass is 10.1. The van der Waals surface area contributed by atoms with Gasteiger partial charge in [0.1, 0.15) is 0 Å². The second-order valence-electron chi connectivity index (χ2n) is 5.49. The molecule has 24 heavy (non-hydrogen) atoms. The molecule has 2 heteroatoms. The number of unbranched alkanes of at least 4 members (excludes halogenated alkanes) is 1. The highest BCUT2D eigenvalue weighted by molar-refractivity contribution is 9.09. The molecule has 0 saturated carbocycles. The van der Waals surface area contributed by atoms with Crippen molar-refractivity contribution in [1.29, 1.82) is 0 Å². The highest BCUT2D eigenvalue weighted by atomic mass is 79.9. The molecule has 0 aliphatic rings. The van der Waals surface area contributed by atoms with E-state index in [0.717, 1.165) is 36.8 Å². The Kier molecular flexibility index (Phi) is 8.75. The van der Waals surface area contributed by atoms with Crippen LogP contribution in [-0.2, 0) is 0 Å². The van der Waals surface area contributed by atoms with Gasteiger partial charge in [0.2, 0.25) is 0 Å². The largest absolute Gasteiger partial charge is 0.0829 e. The fourth-order valence-corrected chi connectivity index (χ4v) is 3.03. The van der Waals surface area contributed by atoms with Crippen molar-refractivity contribution in [3.63, 3.8) is 0 Å². The van der Waals surface area contributed by atoms with E-state index >= 15 is 0 Å². The van der Waals surface area contributed by atoms with Crippen LogP contribution in [0.25, 0.3) is 0 Å². The zero-order chi connectivity index (χ0) is 17.0. The van der Waals surface area contributed by atoms with Gasteiger partial charge < -0.3 is 0 Å². The minimum atomic E-state index is 0.252. The molecule has 2 aromatic rings. The zero-order valence-corrected chi connectivity index (χ0v) is 16.7. The van der Waals surface area contributed by atoms with Crippen LogP contribution in [0.1, 0.15) is 36.8 Å². The van der Waals surface area contributed by atoms with Crippen LogP contribution in [0.15, 0.2) is 60.7 Å². The molecule has 0 saturated heterocycles. The molecule has 0 nitrogen and oxygen atoms in total. The van der Waals surface area contributed by atoms with Gasteiger partial charge in [-0.2, -0.15) is 0 Å². The van der Waals surface area contributed by atoms with Crippen LogP contribution in [0, 0.1) is 23.7 Å². The lowest BCUT2D eigenvalue weighted by molar-refractivity contribution is 0.676. The summed E-state index contributed by atoms with van der Waals surface area (Å²) in [5.74, 6) is 12.9. The lowest BCUT2D eigenvalue weighted by Crippen LogP contribution is -1.97. The van der Waals surface area contributed by atoms with Crippen LogP contribution in [0.5, 0.6) is 0 Å². The first-order chi connectivity index (χ1) is 11.7. The Balaban J connectivity index is 1.66. The topological polar surface area (TPSA) is 0 Å². The fraction of sp³-hybridized carbons (Fsp3) is 0.273. The van der Waals surface area contributed by atoms with Crippen LogP contribution in [0.2, 0.25) is 0 Å². The monoisotopic (exact) mass is 442 g/mol. The van der Waals surface area contributed by atoms with Crippen molar-refractivity contribution in [2.75, 3.05) is 0 Å². The van der Waals surface area contributed by atoms with E-state index in [2.05, 4.69) is 55.5 Å². The predicted molar refractivity (Wildman–Crippen MR) is 111 cm³/mol. The maximum Gasteiger partial charge on any atom is 0.0758 e. The predicted octanol–water partition coefficient (Wildman–Crippen LogP) is 6.18. The maximum atomic E-state index is 3.65. The molecule has 2 atom stereocenters. The van der Waals surface area contributed by atoms with E-state index in [1.54, 1.807) is 0 Å². The minimum Gasteiger partial charge on any atom is -0.0829 e. The number of halogens is 2. The van der Waals surface area contributed by atoms with Crippen molar-refractivity contribution in [1.82, 2.24) is 0 Å². The molecule has 2 aromatic carbocycles. The van der Waals surface area contributed by atoms with E-state index in [1.165, 1.54) is 0 Å². The smallest absolute Gasteiger partial charge is 0.0758 e. The lowest BCUT2D eigenvalue weighted by Gasteiger charge is -2.04. The van der Waals surface area contributed by atoms with Gasteiger partial charge in [0.05, 0.1) is 9.65 Å². The van der Waals surface area contributed by atoms with Crippen LogP contribution >= 0.6 is 31.9 Å². The molecule has 0 N–H and O–H groups in total. The van der Waals surface area contributed by atoms with Crippen LogP contribution in [0.4, 0.5) is 0 Å². The molecule has 0 aliphatic carbocycles. The van der Waals surface area contributed by atoms with E-state index in [1.807, 2.05) is 60.7 Å². The Bertz CT molecular complexity index is 649. The molecule has 0 amide bonds. The molecule has 2 unspecified atom stereocenters. The molecular formula is C22H20Br2. The van der Waals surface area contributed by atoms with Gasteiger partial charge in [-0.05, 0) is 37.1 Å². The Morgan fingerprint density at radius 2 is 1.00 bits per heavy atom. The summed E-state index contributed by atoms with van der Waals surface area (Å²) in [5, 5.41) is 0. The van der Waals surface area contributed by atoms with Crippen molar-refractivity contribution in [2.24, 2.45) is 0 Å². The van der Waals surface area contributed by atoms with E-state index in [-0.39, 0.29) is 9.65 Å². The summed E-state index contributed by atoms with van der Waals surface area (Å²) in [6.45, 7) is 0. The van der Waals surface area contributed by atoms with Crippen molar-refractivity contribution in [2.45, 2.75) is 35.3 Å². The van der Waals surface area contributed by atoms with E-state index < -0.39 is 0 Å². The van der Waals surface area contributed by atoms with Crippen molar-refractivity contribution < 1.29 is 0 Å². The third-order valence-electron chi connectivity index (χ3n) is 3.46. The molecule has 0 spiro atoms. The number of hydrogen-bond acceptors (Lipinski definition) is 0. The van der Waals surface area contributed by atoms with Gasteiger partial charge in [-0.1, -0.05) is 105 Å². The van der Waals surface area contributed by atoms with Crippen LogP contribution in [0.3, 0.4) is 0 Å². The number of rotatable bonds is 5. The van der Waals surface area contributed by atoms with Gasteiger partial charge in [0.15, 0.2) is 0 Å². The quantitative estimate of drug-likeness (QED) is 0.294. The minimum absolute atomic E-state index is 0.252. The van der Waals surface area contributed by atoms with Gasteiger partial charge >= 0.3 is 0 Å². The molecule has 0 bridgehead atoms. The van der Waals surface area contributed by atoms with Crippen LogP contribution < -0.4 is 0 Å². The first-order valence-electron chi connectivity index (χ1n) is 8.15. The molecule has 0 aliphatic heterocycles. The molecule has 0 aromatic heterocycles. The summed E-state index contributed by atoms with van der Waals surface area (Å²) in [4.78, 5) is 0.503. The molecular weight excluding hydrogens is 424 g/mol. The van der Waals surface area contributed by atoms with Gasteiger partial charge in [-0.3, -0.25) is 0 Å². The highest BCUT2D eigenvalue weighted by Crippen LogP contribution is 2.14. The molecule has 122 valence electrons. The normalized spacial score (nSPS) is 12.2. The van der Waals surface area contributed by atoms with Gasteiger partial charge in [-0.15, -0.1) is 0 Å². The number of benzene rings is 2. The SMILES string of the molecule is BrC(C#Cc1ccccc1)CCCCC(Br)C#Cc1ccccc1. The molecule has 0 heterocycles. The van der Waals surface area contributed by atoms with E-state index in [9.17, 15) is 0 Å². The van der Waals surface area contributed by atoms with Crippen molar-refractivity contribution in [3.05, 3.63) is 71.8 Å². The standard InChI is InChI=1S/C22H20Br2/c23-21(17-15-19-9-3-1-4-10-19)13-7-8-14-22(24)18-16-20-11-5-2-6-12-20/h1-6,9-12,21-22H,7-8,13-14H2. The summed E-state index contributed by atoms with van der Waals surface area (Å²) >= 11 is 7.30. The molecule has 0 radical (unpaired) electrons. The average Bonchev–Trinajstić information content (AvgIpc) is 2.63. The summed E-state index contributed by atoms with van der Waals surface area (Å²) in [6, 6.07) is 20.2. The molecule has 2 rings (SSSR count). The Hall–Kier alpha value is -1.48. The van der Waals surface area contributed by atoms with E-state index in [0.29, 0.717) is 0 Å². The van der Waals surface area contributed by atoms with Crippen LogP contribution in [-0.4, -0.2) is 9.65 Å². The average molecular weight is 444 g/mol. The molecule has 0 fully saturated rings. The number of hydrogen-bond donors (Lipinski definition) is 0. The maximum absolute atomic E-state index is 3.65. The summed E-state index contributed by atoms with van der Waals surface area (Å²) in [7, 11) is 0. The Morgan fingerprint density at radius 3 is 1.38 bits per heavy atom. The van der Waals surface area contributed by atoms with Gasteiger partial charge in [0, 0.05) is 11.1 Å². The van der Waals surface area contributed by atoms with Crippen molar-refractivity contribution in [3.8, 4) is 23.7 Å². The fourth-order valence-electron chi connectivity index (χ4n) is 2.16. The van der Waals surface area contributed by atoms with E-state index in [4.69, 9.17) is 0 Å². The number of alkyl halides is 2. The third kappa shape index (κ3) is 7.87. The zero-order valence-electron chi connectivity index (χ0n) is 13.5. The Labute approximate surface area is 162 Å².